The van der Waals surface area contributed by atoms with Gasteiger partial charge in [0.1, 0.15) is 17.5 Å². The monoisotopic (exact) mass is 317 g/mol. The quantitative estimate of drug-likeness (QED) is 0.730. The van der Waals surface area contributed by atoms with Gasteiger partial charge in [0.2, 0.25) is 5.91 Å². The van der Waals surface area contributed by atoms with Crippen molar-refractivity contribution in [2.75, 3.05) is 6.61 Å². The van der Waals surface area contributed by atoms with Crippen molar-refractivity contribution in [3.05, 3.63) is 30.0 Å². The number of H-pyrrole nitrogens is 1. The summed E-state index contributed by atoms with van der Waals surface area (Å²) in [6.07, 6.45) is 0.748. The molecule has 0 aliphatic carbocycles. The van der Waals surface area contributed by atoms with Crippen LogP contribution in [0.5, 0.6) is 5.75 Å². The van der Waals surface area contributed by atoms with Gasteiger partial charge in [-0.05, 0) is 31.0 Å². The number of nitrogens with one attached hydrogen (secondary N) is 2. The first-order valence-corrected chi connectivity index (χ1v) is 7.82. The first kappa shape index (κ1) is 16.9. The van der Waals surface area contributed by atoms with Crippen LogP contribution in [0.3, 0.4) is 0 Å². The van der Waals surface area contributed by atoms with Crippen molar-refractivity contribution in [2.45, 2.75) is 33.2 Å². The number of hydrogen-bond acceptors (Lipinski definition) is 3. The predicted molar refractivity (Wildman–Crippen MR) is 89.4 cm³/mol. The van der Waals surface area contributed by atoms with E-state index in [1.165, 1.54) is 0 Å². The van der Waals surface area contributed by atoms with Crippen LogP contribution in [0.4, 0.5) is 0 Å². The molecule has 4 N–H and O–H groups in total. The minimum atomic E-state index is -0.683. The van der Waals surface area contributed by atoms with Gasteiger partial charge in [0.25, 0.3) is 5.91 Å². The number of benzene rings is 1. The number of primary amides is 1. The lowest BCUT2D eigenvalue weighted by atomic mass is 9.98. The Labute approximate surface area is 135 Å². The van der Waals surface area contributed by atoms with Gasteiger partial charge in [-0.3, -0.25) is 9.59 Å². The average Bonchev–Trinajstić information content (AvgIpc) is 2.95. The summed E-state index contributed by atoms with van der Waals surface area (Å²) in [5.74, 6) is -0.153. The zero-order chi connectivity index (χ0) is 17.0. The van der Waals surface area contributed by atoms with Crippen molar-refractivity contribution in [1.82, 2.24) is 10.3 Å². The van der Waals surface area contributed by atoms with E-state index in [0.717, 1.165) is 23.1 Å². The van der Waals surface area contributed by atoms with E-state index >= 15 is 0 Å². The highest BCUT2D eigenvalue weighted by Gasteiger charge is 2.24. The Hall–Kier alpha value is -2.50. The average molecular weight is 317 g/mol. The number of hydrogen-bond donors (Lipinski definition) is 3. The second-order valence-electron chi connectivity index (χ2n) is 5.60. The van der Waals surface area contributed by atoms with Gasteiger partial charge in [-0.15, -0.1) is 0 Å². The van der Waals surface area contributed by atoms with Crippen LogP contribution in [0.15, 0.2) is 24.3 Å². The molecule has 1 heterocycles. The maximum atomic E-state index is 12.4. The molecule has 2 unspecified atom stereocenters. The largest absolute Gasteiger partial charge is 0.494 e. The van der Waals surface area contributed by atoms with E-state index in [9.17, 15) is 9.59 Å². The molecule has 0 spiro atoms. The topological polar surface area (TPSA) is 97.2 Å². The number of ether oxygens (including phenoxy) is 1. The van der Waals surface area contributed by atoms with E-state index in [2.05, 4.69) is 10.3 Å². The molecule has 1 aromatic carbocycles. The lowest BCUT2D eigenvalue weighted by Crippen LogP contribution is -2.48. The van der Waals surface area contributed by atoms with Gasteiger partial charge >= 0.3 is 0 Å². The van der Waals surface area contributed by atoms with Crippen molar-refractivity contribution in [1.29, 1.82) is 0 Å². The van der Waals surface area contributed by atoms with E-state index in [1.54, 1.807) is 6.07 Å². The maximum absolute atomic E-state index is 12.4. The van der Waals surface area contributed by atoms with E-state index in [0.29, 0.717) is 12.3 Å². The van der Waals surface area contributed by atoms with Crippen molar-refractivity contribution in [3.63, 3.8) is 0 Å². The minimum absolute atomic E-state index is 0.0228. The molecule has 0 aliphatic rings. The number of aromatic amines is 1. The molecule has 2 amide bonds. The van der Waals surface area contributed by atoms with Crippen LogP contribution in [0.2, 0.25) is 0 Å². The summed E-state index contributed by atoms with van der Waals surface area (Å²) in [5.41, 5.74) is 6.59. The van der Waals surface area contributed by atoms with Crippen LogP contribution in [-0.2, 0) is 4.79 Å². The summed E-state index contributed by atoms with van der Waals surface area (Å²) in [5, 5.41) is 3.61. The zero-order valence-electron chi connectivity index (χ0n) is 13.7. The summed E-state index contributed by atoms with van der Waals surface area (Å²) in [6, 6.07) is 6.64. The molecule has 0 bridgehead atoms. The van der Waals surface area contributed by atoms with E-state index in [4.69, 9.17) is 10.5 Å². The second kappa shape index (κ2) is 7.17. The molecule has 0 saturated heterocycles. The Morgan fingerprint density at radius 2 is 2.04 bits per heavy atom. The molecule has 2 rings (SSSR count). The molecule has 6 heteroatoms. The molecule has 0 fully saturated rings. The van der Waals surface area contributed by atoms with Crippen molar-refractivity contribution in [3.8, 4) is 5.75 Å². The SMILES string of the molecule is CCOc1ccc2cc(C(=O)NC(C(N)=O)C(C)CC)[nH]c2c1. The number of carbonyl (C=O) groups is 2. The molecule has 0 saturated carbocycles. The Morgan fingerprint density at radius 3 is 2.65 bits per heavy atom. The van der Waals surface area contributed by atoms with Gasteiger partial charge in [0.15, 0.2) is 0 Å². The molecule has 124 valence electrons. The summed E-state index contributed by atoms with van der Waals surface area (Å²) in [4.78, 5) is 27.0. The fraction of sp³-hybridized carbons (Fsp3) is 0.412. The summed E-state index contributed by atoms with van der Waals surface area (Å²) in [6.45, 7) is 6.33. The number of amides is 2. The predicted octanol–water partition coefficient (Wildman–Crippen LogP) is 2.20. The third-order valence-corrected chi connectivity index (χ3v) is 3.96. The van der Waals surface area contributed by atoms with Crippen LogP contribution in [-0.4, -0.2) is 29.4 Å². The first-order valence-electron chi connectivity index (χ1n) is 7.82. The fourth-order valence-electron chi connectivity index (χ4n) is 2.43. The highest BCUT2D eigenvalue weighted by molar-refractivity contribution is 6.00. The molecule has 2 aromatic rings. The standard InChI is InChI=1S/C17H23N3O3/c1-4-10(3)15(16(18)21)20-17(22)14-8-11-6-7-12(23-5-2)9-13(11)19-14/h6-10,15,19H,4-5H2,1-3H3,(H2,18,21)(H,20,22). The maximum Gasteiger partial charge on any atom is 0.268 e. The van der Waals surface area contributed by atoms with Crippen molar-refractivity contribution in [2.24, 2.45) is 11.7 Å². The highest BCUT2D eigenvalue weighted by Crippen LogP contribution is 2.21. The Kier molecular flexibility index (Phi) is 5.26. The number of carbonyl (C=O) groups excluding carboxylic acids is 2. The van der Waals surface area contributed by atoms with Crippen LogP contribution in [0.1, 0.15) is 37.7 Å². The molecular weight excluding hydrogens is 294 g/mol. The molecule has 0 aliphatic heterocycles. The second-order valence-corrected chi connectivity index (χ2v) is 5.60. The lowest BCUT2D eigenvalue weighted by molar-refractivity contribution is -0.120. The number of nitrogens with two attached hydrogens (primary N) is 1. The lowest BCUT2D eigenvalue weighted by Gasteiger charge is -2.20. The molecule has 1 aromatic heterocycles. The Morgan fingerprint density at radius 1 is 1.30 bits per heavy atom. The van der Waals surface area contributed by atoms with Gasteiger partial charge < -0.3 is 20.8 Å². The van der Waals surface area contributed by atoms with Gasteiger partial charge in [-0.2, -0.15) is 0 Å². The normalized spacial score (nSPS) is 13.5. The minimum Gasteiger partial charge on any atom is -0.494 e. The van der Waals surface area contributed by atoms with Crippen molar-refractivity contribution >= 4 is 22.7 Å². The summed E-state index contributed by atoms with van der Waals surface area (Å²) < 4.78 is 5.44. The smallest absolute Gasteiger partial charge is 0.268 e. The first-order chi connectivity index (χ1) is 11.0. The Bertz CT molecular complexity index is 708. The molecule has 2 atom stereocenters. The molecule has 23 heavy (non-hydrogen) atoms. The van der Waals surface area contributed by atoms with Crippen LogP contribution in [0.25, 0.3) is 10.9 Å². The van der Waals surface area contributed by atoms with E-state index < -0.39 is 11.9 Å². The van der Waals surface area contributed by atoms with E-state index in [-0.39, 0.29) is 11.8 Å². The third-order valence-electron chi connectivity index (χ3n) is 3.96. The van der Waals surface area contributed by atoms with Crippen LogP contribution < -0.4 is 15.8 Å². The number of fused-ring (bicyclic) bond motifs is 1. The van der Waals surface area contributed by atoms with Gasteiger partial charge in [-0.1, -0.05) is 20.3 Å². The number of aromatic nitrogens is 1. The summed E-state index contributed by atoms with van der Waals surface area (Å²) >= 11 is 0. The fourth-order valence-corrected chi connectivity index (χ4v) is 2.43. The van der Waals surface area contributed by atoms with Crippen LogP contribution in [0, 0.1) is 5.92 Å². The van der Waals surface area contributed by atoms with Gasteiger partial charge in [-0.25, -0.2) is 0 Å². The van der Waals surface area contributed by atoms with Crippen molar-refractivity contribution < 1.29 is 14.3 Å². The highest BCUT2D eigenvalue weighted by atomic mass is 16.5. The third kappa shape index (κ3) is 3.83. The number of rotatable bonds is 7. The zero-order valence-corrected chi connectivity index (χ0v) is 13.7. The Balaban J connectivity index is 2.21. The van der Waals surface area contributed by atoms with Gasteiger partial charge in [0, 0.05) is 17.0 Å². The van der Waals surface area contributed by atoms with Crippen LogP contribution >= 0.6 is 0 Å². The molecule has 6 nitrogen and oxygen atoms in total. The molecular formula is C17H23N3O3. The summed E-state index contributed by atoms with van der Waals surface area (Å²) in [7, 11) is 0. The van der Waals surface area contributed by atoms with E-state index in [1.807, 2.05) is 39.0 Å². The van der Waals surface area contributed by atoms with Gasteiger partial charge in [0.05, 0.1) is 6.61 Å². The molecule has 0 radical (unpaired) electrons.